The molecule has 7 rings (SSSR count). The van der Waals surface area contributed by atoms with E-state index in [0.29, 0.717) is 0 Å². The minimum atomic E-state index is -0.638. The van der Waals surface area contributed by atoms with Gasteiger partial charge in [0.15, 0.2) is 0 Å². The predicted molar refractivity (Wildman–Crippen MR) is 148 cm³/mol. The second-order valence-corrected chi connectivity index (χ2v) is 9.55. The molecule has 36 heavy (non-hydrogen) atoms. The second kappa shape index (κ2) is 7.36. The van der Waals surface area contributed by atoms with Crippen molar-refractivity contribution in [3.05, 3.63) is 155 Å². The first-order chi connectivity index (χ1) is 17.8. The van der Waals surface area contributed by atoms with Crippen LogP contribution in [0.5, 0.6) is 0 Å². The van der Waals surface area contributed by atoms with E-state index in [4.69, 9.17) is 12.8 Å². The molecule has 0 heterocycles. The Kier molecular flexibility index (Phi) is 4.21. The quantitative estimate of drug-likeness (QED) is 0.241. The lowest BCUT2D eigenvalue weighted by Gasteiger charge is -2.30. The molecule has 166 valence electrons. The first kappa shape index (κ1) is 20.6. The zero-order valence-corrected chi connectivity index (χ0v) is 19.7. The number of fused-ring (bicyclic) bond motifs is 6. The van der Waals surface area contributed by atoms with E-state index >= 15 is 0 Å². The summed E-state index contributed by atoms with van der Waals surface area (Å²) in [5, 5.41) is 0. The molecule has 5 aromatic carbocycles. The Bertz CT molecular complexity index is 1530. The molecule has 0 bridgehead atoms. The highest BCUT2D eigenvalue weighted by atomic mass is 14.5. The van der Waals surface area contributed by atoms with Crippen LogP contribution in [-0.2, 0) is 10.8 Å². The molecule has 2 aliphatic rings. The number of hydrogen-bond acceptors (Lipinski definition) is 0. The fourth-order valence-electron chi connectivity index (χ4n) is 6.54. The largest absolute Gasteiger partial charge is 0.118 e. The minimum absolute atomic E-state index is 0.638. The fraction of sp³-hybridized carbons (Fsp3) is 0.0556. The van der Waals surface area contributed by atoms with Gasteiger partial charge in [-0.2, -0.15) is 0 Å². The first-order valence-corrected chi connectivity index (χ1v) is 12.2. The number of benzene rings is 5. The lowest BCUT2D eigenvalue weighted by Crippen LogP contribution is -2.27. The van der Waals surface area contributed by atoms with Crippen LogP contribution < -0.4 is 0 Å². The van der Waals surface area contributed by atoms with E-state index < -0.39 is 10.8 Å². The average molecular weight is 455 g/mol. The Balaban J connectivity index is 1.45. The molecule has 0 atom stereocenters. The Labute approximate surface area is 212 Å². The van der Waals surface area contributed by atoms with Gasteiger partial charge in [-0.15, -0.1) is 12.8 Å². The van der Waals surface area contributed by atoms with E-state index in [0.717, 1.165) is 33.4 Å². The smallest absolute Gasteiger partial charge is 0.107 e. The van der Waals surface area contributed by atoms with Gasteiger partial charge in [0, 0.05) is 0 Å². The van der Waals surface area contributed by atoms with Crippen LogP contribution in [0.25, 0.3) is 22.3 Å². The molecule has 0 nitrogen and oxygen atoms in total. The highest BCUT2D eigenvalue weighted by Crippen LogP contribution is 2.54. The first-order valence-electron chi connectivity index (χ1n) is 12.2. The third kappa shape index (κ3) is 2.36. The van der Waals surface area contributed by atoms with Crippen LogP contribution in [0.3, 0.4) is 0 Å². The molecule has 0 aliphatic heterocycles. The molecule has 2 aliphatic carbocycles. The standard InChI is InChI=1S/C36H22/c1-3-35(31-17-9-5-13-27(31)28-14-6-10-18-32(28)35)25-21-23-26(24-22-25)36(4-2)33-19-11-7-15-29(33)30-16-8-12-20-34(30)36/h1-2,5-24H. The molecule has 0 amide bonds. The Morgan fingerprint density at radius 3 is 0.861 bits per heavy atom. The van der Waals surface area contributed by atoms with Crippen LogP contribution in [0.4, 0.5) is 0 Å². The highest BCUT2D eigenvalue weighted by molar-refractivity contribution is 5.87. The van der Waals surface area contributed by atoms with Crippen LogP contribution in [0.15, 0.2) is 121 Å². The molecular formula is C36H22. The van der Waals surface area contributed by atoms with Gasteiger partial charge >= 0.3 is 0 Å². The summed E-state index contributed by atoms with van der Waals surface area (Å²) in [6, 6.07) is 42.6. The molecule has 0 aromatic heterocycles. The summed E-state index contributed by atoms with van der Waals surface area (Å²) in [6.45, 7) is 0. The van der Waals surface area contributed by atoms with Gasteiger partial charge in [0.25, 0.3) is 0 Å². The van der Waals surface area contributed by atoms with Crippen molar-refractivity contribution in [3.63, 3.8) is 0 Å². The summed E-state index contributed by atoms with van der Waals surface area (Å²) in [7, 11) is 0. The van der Waals surface area contributed by atoms with Gasteiger partial charge in [-0.25, -0.2) is 0 Å². The number of rotatable bonds is 2. The molecule has 0 spiro atoms. The summed E-state index contributed by atoms with van der Waals surface area (Å²) in [5.74, 6) is 6.42. The zero-order chi connectivity index (χ0) is 24.3. The highest BCUT2D eigenvalue weighted by Gasteiger charge is 2.45. The summed E-state index contributed by atoms with van der Waals surface area (Å²) in [4.78, 5) is 0. The molecule has 0 radical (unpaired) electrons. The number of terminal acetylenes is 2. The van der Waals surface area contributed by atoms with Crippen LogP contribution in [-0.4, -0.2) is 0 Å². The van der Waals surface area contributed by atoms with Gasteiger partial charge in [0.2, 0.25) is 0 Å². The van der Waals surface area contributed by atoms with E-state index in [9.17, 15) is 0 Å². The molecule has 0 fully saturated rings. The van der Waals surface area contributed by atoms with E-state index in [2.05, 4.69) is 133 Å². The van der Waals surface area contributed by atoms with Crippen molar-refractivity contribution in [2.75, 3.05) is 0 Å². The maximum atomic E-state index is 6.39. The molecule has 5 aromatic rings. The van der Waals surface area contributed by atoms with Crippen LogP contribution in [0.2, 0.25) is 0 Å². The molecular weight excluding hydrogens is 432 g/mol. The van der Waals surface area contributed by atoms with Crippen LogP contribution in [0, 0.1) is 24.7 Å². The SMILES string of the molecule is C#CC1(c2ccc(C3(C#C)c4ccccc4-c4ccccc43)cc2)c2ccccc2-c2ccccc21. The van der Waals surface area contributed by atoms with Crippen molar-refractivity contribution >= 4 is 0 Å². The summed E-state index contributed by atoms with van der Waals surface area (Å²) < 4.78 is 0. The minimum Gasteiger partial charge on any atom is -0.118 e. The van der Waals surface area contributed by atoms with Gasteiger partial charge in [-0.1, -0.05) is 133 Å². The van der Waals surface area contributed by atoms with Crippen molar-refractivity contribution in [3.8, 4) is 46.9 Å². The normalized spacial score (nSPS) is 15.1. The summed E-state index contributed by atoms with van der Waals surface area (Å²) in [6.07, 6.45) is 12.8. The summed E-state index contributed by atoms with van der Waals surface area (Å²) >= 11 is 0. The molecule has 0 heteroatoms. The third-order valence-corrected chi connectivity index (χ3v) is 8.09. The van der Waals surface area contributed by atoms with Crippen molar-refractivity contribution in [1.82, 2.24) is 0 Å². The lowest BCUT2D eigenvalue weighted by molar-refractivity contribution is 0.816. The predicted octanol–water partition coefficient (Wildman–Crippen LogP) is 7.58. The molecule has 0 unspecified atom stereocenters. The van der Waals surface area contributed by atoms with E-state index in [1.807, 2.05) is 0 Å². The van der Waals surface area contributed by atoms with Crippen LogP contribution >= 0.6 is 0 Å². The monoisotopic (exact) mass is 454 g/mol. The Morgan fingerprint density at radius 1 is 0.361 bits per heavy atom. The van der Waals surface area contributed by atoms with Crippen molar-refractivity contribution in [2.45, 2.75) is 10.8 Å². The lowest BCUT2D eigenvalue weighted by atomic mass is 9.70. The maximum Gasteiger partial charge on any atom is 0.107 e. The number of hydrogen-bond donors (Lipinski definition) is 0. The third-order valence-electron chi connectivity index (χ3n) is 8.09. The zero-order valence-electron chi connectivity index (χ0n) is 19.7. The van der Waals surface area contributed by atoms with Crippen molar-refractivity contribution in [2.24, 2.45) is 0 Å². The van der Waals surface area contributed by atoms with E-state index in [1.165, 1.54) is 22.3 Å². The summed E-state index contributed by atoms with van der Waals surface area (Å²) in [5.41, 5.74) is 10.3. The second-order valence-electron chi connectivity index (χ2n) is 9.55. The topological polar surface area (TPSA) is 0 Å². The van der Waals surface area contributed by atoms with Gasteiger partial charge in [0.05, 0.1) is 0 Å². The van der Waals surface area contributed by atoms with Gasteiger partial charge in [0.1, 0.15) is 10.8 Å². The molecule has 0 saturated carbocycles. The van der Waals surface area contributed by atoms with Crippen molar-refractivity contribution < 1.29 is 0 Å². The van der Waals surface area contributed by atoms with Gasteiger partial charge in [-0.3, -0.25) is 0 Å². The fourth-order valence-corrected chi connectivity index (χ4v) is 6.54. The average Bonchev–Trinajstić information content (AvgIpc) is 3.42. The van der Waals surface area contributed by atoms with E-state index in [-0.39, 0.29) is 0 Å². The van der Waals surface area contributed by atoms with Crippen LogP contribution in [0.1, 0.15) is 33.4 Å². The molecule has 0 saturated heterocycles. The van der Waals surface area contributed by atoms with E-state index in [1.54, 1.807) is 0 Å². The Hall–Kier alpha value is -4.78. The van der Waals surface area contributed by atoms with Crippen molar-refractivity contribution in [1.29, 1.82) is 0 Å². The Morgan fingerprint density at radius 2 is 0.611 bits per heavy atom. The molecule has 0 N–H and O–H groups in total. The van der Waals surface area contributed by atoms with Gasteiger partial charge in [-0.05, 0) is 55.6 Å². The maximum absolute atomic E-state index is 6.39. The van der Waals surface area contributed by atoms with Gasteiger partial charge < -0.3 is 0 Å².